The van der Waals surface area contributed by atoms with Crippen LogP contribution in [0.3, 0.4) is 0 Å². The first kappa shape index (κ1) is 23.7. The van der Waals surface area contributed by atoms with E-state index in [1.165, 1.54) is 4.90 Å². The lowest BCUT2D eigenvalue weighted by Crippen LogP contribution is -2.48. The molecule has 0 bridgehead atoms. The smallest absolute Gasteiger partial charge is 0.271 e. The molecule has 1 heterocycles. The number of likely N-dealkylation sites (tertiary alicyclic amines) is 1. The highest BCUT2D eigenvalue weighted by atomic mass is 16.2. The number of nitrogens with zero attached hydrogens (tertiary/aromatic N) is 3. The van der Waals surface area contributed by atoms with E-state index in [0.717, 1.165) is 16.7 Å². The van der Waals surface area contributed by atoms with E-state index >= 15 is 0 Å². The largest absolute Gasteiger partial charge is 0.398 e. The van der Waals surface area contributed by atoms with Crippen LogP contribution in [0.1, 0.15) is 51.0 Å². The van der Waals surface area contributed by atoms with E-state index in [4.69, 9.17) is 16.4 Å². The van der Waals surface area contributed by atoms with Crippen molar-refractivity contribution in [1.29, 1.82) is 10.7 Å². The van der Waals surface area contributed by atoms with Gasteiger partial charge in [-0.25, -0.2) is 0 Å². The van der Waals surface area contributed by atoms with Crippen molar-refractivity contribution < 1.29 is 9.59 Å². The molecule has 1 fully saturated rings. The SMILES string of the molecule is C/C(C(=N)C(=O)N(C)C)=C(/N)c1cc(C(=O)N2CC(c3ccc(C#N)cc3)C2)c(C)cc1C. The Bertz CT molecular complexity index is 1200. The fourth-order valence-corrected chi connectivity index (χ4v) is 3.95. The molecule has 3 rings (SSSR count). The second kappa shape index (κ2) is 9.29. The van der Waals surface area contributed by atoms with Gasteiger partial charge in [-0.3, -0.25) is 15.0 Å². The molecular formula is C26H29N5O2. The van der Waals surface area contributed by atoms with Gasteiger partial charge in [0.1, 0.15) is 5.71 Å². The maximum atomic E-state index is 13.2. The van der Waals surface area contributed by atoms with E-state index in [9.17, 15) is 9.59 Å². The number of hydrogen-bond acceptors (Lipinski definition) is 5. The van der Waals surface area contributed by atoms with Crippen LogP contribution in [0.15, 0.2) is 42.0 Å². The van der Waals surface area contributed by atoms with Crippen molar-refractivity contribution in [2.45, 2.75) is 26.7 Å². The number of carbonyl (C=O) groups excluding carboxylic acids is 2. The van der Waals surface area contributed by atoms with Gasteiger partial charge in [0.2, 0.25) is 0 Å². The second-order valence-electron chi connectivity index (χ2n) is 8.74. The van der Waals surface area contributed by atoms with E-state index < -0.39 is 5.91 Å². The number of rotatable bonds is 5. The quantitative estimate of drug-likeness (QED) is 0.691. The minimum Gasteiger partial charge on any atom is -0.398 e. The molecule has 2 amide bonds. The number of nitriles is 1. The first-order valence-corrected chi connectivity index (χ1v) is 10.7. The highest BCUT2D eigenvalue weighted by Crippen LogP contribution is 2.30. The Balaban J connectivity index is 1.83. The highest BCUT2D eigenvalue weighted by Gasteiger charge is 2.33. The van der Waals surface area contributed by atoms with Gasteiger partial charge < -0.3 is 15.5 Å². The normalized spacial score (nSPS) is 14.1. The van der Waals surface area contributed by atoms with Gasteiger partial charge in [-0.1, -0.05) is 18.2 Å². The van der Waals surface area contributed by atoms with Gasteiger partial charge in [-0.2, -0.15) is 5.26 Å². The molecule has 0 aromatic heterocycles. The Morgan fingerprint density at radius 2 is 1.67 bits per heavy atom. The van der Waals surface area contributed by atoms with E-state index in [0.29, 0.717) is 41.1 Å². The molecule has 2 aromatic rings. The zero-order valence-corrected chi connectivity index (χ0v) is 19.7. The molecule has 3 N–H and O–H groups in total. The van der Waals surface area contributed by atoms with E-state index in [-0.39, 0.29) is 17.5 Å². The van der Waals surface area contributed by atoms with Crippen LogP contribution >= 0.6 is 0 Å². The molecule has 1 aliphatic heterocycles. The second-order valence-corrected chi connectivity index (χ2v) is 8.74. The molecule has 170 valence electrons. The summed E-state index contributed by atoms with van der Waals surface area (Å²) in [6.45, 7) is 6.67. The van der Waals surface area contributed by atoms with Gasteiger partial charge in [0.25, 0.3) is 11.8 Å². The number of aryl methyl sites for hydroxylation is 2. The molecule has 7 heteroatoms. The fourth-order valence-electron chi connectivity index (χ4n) is 3.95. The maximum Gasteiger partial charge on any atom is 0.271 e. The van der Waals surface area contributed by atoms with Crippen LogP contribution in [0.25, 0.3) is 5.70 Å². The van der Waals surface area contributed by atoms with Crippen LogP contribution in [0, 0.1) is 30.6 Å². The number of amides is 2. The minimum atomic E-state index is -0.425. The summed E-state index contributed by atoms with van der Waals surface area (Å²) in [5.74, 6) is -0.244. The van der Waals surface area contributed by atoms with Crippen LogP contribution < -0.4 is 5.73 Å². The summed E-state index contributed by atoms with van der Waals surface area (Å²) in [7, 11) is 3.18. The summed E-state index contributed by atoms with van der Waals surface area (Å²) in [4.78, 5) is 28.6. The summed E-state index contributed by atoms with van der Waals surface area (Å²) in [5.41, 5.74) is 11.6. The predicted molar refractivity (Wildman–Crippen MR) is 129 cm³/mol. The highest BCUT2D eigenvalue weighted by molar-refractivity contribution is 6.44. The Morgan fingerprint density at radius 3 is 2.21 bits per heavy atom. The first-order valence-electron chi connectivity index (χ1n) is 10.7. The minimum absolute atomic E-state index is 0.0662. The van der Waals surface area contributed by atoms with Gasteiger partial charge in [-0.05, 0) is 55.7 Å². The number of nitrogens with one attached hydrogen (secondary N) is 1. The van der Waals surface area contributed by atoms with E-state index in [1.807, 2.05) is 32.0 Å². The molecule has 7 nitrogen and oxygen atoms in total. The molecule has 0 spiro atoms. The Labute approximate surface area is 194 Å². The predicted octanol–water partition coefficient (Wildman–Crippen LogP) is 3.21. The summed E-state index contributed by atoms with van der Waals surface area (Å²) in [5, 5.41) is 17.1. The average Bonchev–Trinajstić information content (AvgIpc) is 2.76. The van der Waals surface area contributed by atoms with Crippen molar-refractivity contribution in [3.05, 3.63) is 75.4 Å². The molecule has 0 radical (unpaired) electrons. The van der Waals surface area contributed by atoms with Crippen molar-refractivity contribution in [1.82, 2.24) is 9.80 Å². The van der Waals surface area contributed by atoms with Gasteiger partial charge in [0, 0.05) is 55.5 Å². The molecule has 33 heavy (non-hydrogen) atoms. The van der Waals surface area contributed by atoms with Gasteiger partial charge >= 0.3 is 0 Å². The Hall–Kier alpha value is -3.92. The number of carbonyl (C=O) groups is 2. The lowest BCUT2D eigenvalue weighted by Gasteiger charge is -2.40. The summed E-state index contributed by atoms with van der Waals surface area (Å²) in [6, 6.07) is 13.3. The maximum absolute atomic E-state index is 13.2. The van der Waals surface area contributed by atoms with Gasteiger partial charge in [0.15, 0.2) is 0 Å². The fraction of sp³-hybridized carbons (Fsp3) is 0.308. The molecule has 0 saturated carbocycles. The van der Waals surface area contributed by atoms with Crippen LogP contribution in [0.5, 0.6) is 0 Å². The molecule has 2 aromatic carbocycles. The standard InChI is InChI=1S/C26H29N5O2/c1-15-10-16(2)22(11-21(15)23(28)17(3)24(29)26(33)30(4)5)25(32)31-13-20(14-31)19-8-6-18(12-27)7-9-19/h6-11,20,29H,13-14,28H2,1-5H3/b23-17-,29-24?. The first-order chi connectivity index (χ1) is 15.5. The molecule has 0 aliphatic carbocycles. The monoisotopic (exact) mass is 443 g/mol. The summed E-state index contributed by atoms with van der Waals surface area (Å²) >= 11 is 0. The zero-order chi connectivity index (χ0) is 24.4. The zero-order valence-electron chi connectivity index (χ0n) is 19.7. The van der Waals surface area contributed by atoms with Crippen molar-refractivity contribution >= 4 is 23.2 Å². The molecule has 0 unspecified atom stereocenters. The third-order valence-electron chi connectivity index (χ3n) is 6.17. The molecule has 1 aliphatic rings. The van der Waals surface area contributed by atoms with E-state index in [1.54, 1.807) is 44.1 Å². The van der Waals surface area contributed by atoms with Crippen LogP contribution in [0.4, 0.5) is 0 Å². The van der Waals surface area contributed by atoms with Gasteiger partial charge in [-0.15, -0.1) is 0 Å². The van der Waals surface area contributed by atoms with Gasteiger partial charge in [0.05, 0.1) is 11.6 Å². The van der Waals surface area contributed by atoms with Crippen molar-refractivity contribution in [3.63, 3.8) is 0 Å². The molecular weight excluding hydrogens is 414 g/mol. The average molecular weight is 444 g/mol. The Morgan fingerprint density at radius 1 is 1.09 bits per heavy atom. The number of nitrogens with two attached hydrogens (primary N) is 1. The van der Waals surface area contributed by atoms with Crippen LogP contribution in [0.2, 0.25) is 0 Å². The lowest BCUT2D eigenvalue weighted by atomic mass is 9.89. The topological polar surface area (TPSA) is 114 Å². The van der Waals surface area contributed by atoms with E-state index in [2.05, 4.69) is 6.07 Å². The third kappa shape index (κ3) is 4.65. The molecule has 0 atom stereocenters. The summed E-state index contributed by atoms with van der Waals surface area (Å²) in [6.07, 6.45) is 0. The number of benzene rings is 2. The Kier molecular flexibility index (Phi) is 6.68. The van der Waals surface area contributed by atoms with Crippen molar-refractivity contribution in [2.24, 2.45) is 5.73 Å². The van der Waals surface area contributed by atoms with Crippen LogP contribution in [-0.2, 0) is 4.79 Å². The molecule has 1 saturated heterocycles. The van der Waals surface area contributed by atoms with Crippen molar-refractivity contribution in [3.8, 4) is 6.07 Å². The lowest BCUT2D eigenvalue weighted by molar-refractivity contribution is -0.121. The summed E-state index contributed by atoms with van der Waals surface area (Å²) < 4.78 is 0. The third-order valence-corrected chi connectivity index (χ3v) is 6.17. The number of hydrogen-bond donors (Lipinski definition) is 2. The van der Waals surface area contributed by atoms with Crippen molar-refractivity contribution in [2.75, 3.05) is 27.2 Å². The van der Waals surface area contributed by atoms with Crippen LogP contribution in [-0.4, -0.2) is 54.5 Å².